The zero-order chi connectivity index (χ0) is 18.9. The molecule has 0 saturated carbocycles. The number of aromatic nitrogens is 2. The lowest BCUT2D eigenvalue weighted by Crippen LogP contribution is -2.15. The highest BCUT2D eigenvalue weighted by atomic mass is 16.1. The Bertz CT molecular complexity index is 916. The van der Waals surface area contributed by atoms with Crippen molar-refractivity contribution >= 4 is 17.4 Å². The van der Waals surface area contributed by atoms with Crippen LogP contribution in [-0.2, 0) is 6.42 Å². The molecule has 6 nitrogen and oxygen atoms in total. The Hall–Kier alpha value is -3.72. The van der Waals surface area contributed by atoms with Gasteiger partial charge in [0.2, 0.25) is 0 Å². The molecule has 0 unspecified atom stereocenters. The molecular formula is C21H19N5O. The first-order chi connectivity index (χ1) is 13.2. The molecule has 1 aromatic heterocycles. The fourth-order valence-electron chi connectivity index (χ4n) is 2.52. The van der Waals surface area contributed by atoms with Gasteiger partial charge in [-0.1, -0.05) is 30.3 Å². The first-order valence-electron chi connectivity index (χ1n) is 8.67. The third-order valence-electron chi connectivity index (χ3n) is 3.96. The lowest BCUT2D eigenvalue weighted by molar-refractivity contribution is 0.102. The van der Waals surface area contributed by atoms with Crippen LogP contribution in [0.1, 0.15) is 28.0 Å². The molecule has 0 atom stereocenters. The maximum absolute atomic E-state index is 12.2. The Balaban J connectivity index is 1.47. The molecule has 0 aliphatic rings. The highest BCUT2D eigenvalue weighted by molar-refractivity contribution is 6.02. The molecule has 2 aromatic carbocycles. The van der Waals surface area contributed by atoms with Crippen LogP contribution in [0.25, 0.3) is 0 Å². The minimum absolute atomic E-state index is 0.231. The second-order valence-corrected chi connectivity index (χ2v) is 5.96. The Kier molecular flexibility index (Phi) is 6.10. The number of nitrogens with one attached hydrogen (secondary N) is 2. The van der Waals surface area contributed by atoms with E-state index in [0.717, 1.165) is 19.4 Å². The van der Waals surface area contributed by atoms with E-state index in [2.05, 4.69) is 33.0 Å². The second-order valence-electron chi connectivity index (χ2n) is 5.96. The minimum Gasteiger partial charge on any atom is -0.369 e. The van der Waals surface area contributed by atoms with Crippen LogP contribution in [0.15, 0.2) is 66.7 Å². The molecule has 1 heterocycles. The summed E-state index contributed by atoms with van der Waals surface area (Å²) < 4.78 is 0. The van der Waals surface area contributed by atoms with Crippen molar-refractivity contribution in [3.05, 3.63) is 83.6 Å². The third kappa shape index (κ3) is 5.38. The van der Waals surface area contributed by atoms with E-state index in [0.29, 0.717) is 17.1 Å². The minimum atomic E-state index is -0.345. The summed E-state index contributed by atoms with van der Waals surface area (Å²) >= 11 is 0. The van der Waals surface area contributed by atoms with Gasteiger partial charge in [-0.3, -0.25) is 4.79 Å². The Labute approximate surface area is 157 Å². The number of nitriles is 1. The van der Waals surface area contributed by atoms with Gasteiger partial charge in [-0.25, -0.2) is 0 Å². The smallest absolute Gasteiger partial charge is 0.276 e. The van der Waals surface area contributed by atoms with Crippen LogP contribution in [0.3, 0.4) is 0 Å². The number of nitrogens with zero attached hydrogens (tertiary/aromatic N) is 3. The zero-order valence-electron chi connectivity index (χ0n) is 14.7. The van der Waals surface area contributed by atoms with Crippen molar-refractivity contribution in [1.29, 1.82) is 5.26 Å². The van der Waals surface area contributed by atoms with E-state index in [1.54, 1.807) is 36.4 Å². The van der Waals surface area contributed by atoms with Crippen LogP contribution in [-0.4, -0.2) is 22.6 Å². The molecule has 1 amide bonds. The summed E-state index contributed by atoms with van der Waals surface area (Å²) in [6, 6.07) is 22.3. The van der Waals surface area contributed by atoms with Crippen LogP contribution in [0.4, 0.5) is 11.5 Å². The largest absolute Gasteiger partial charge is 0.369 e. The molecule has 3 aromatic rings. The molecule has 6 heteroatoms. The van der Waals surface area contributed by atoms with E-state index in [4.69, 9.17) is 5.26 Å². The van der Waals surface area contributed by atoms with Crippen molar-refractivity contribution in [1.82, 2.24) is 10.2 Å². The molecule has 0 aliphatic heterocycles. The standard InChI is InChI=1S/C21H19N5O/c22-15-17-8-10-18(11-9-17)24-21(27)19-12-13-20(26-25-19)23-14-4-7-16-5-2-1-3-6-16/h1-3,5-6,8-13H,4,7,14H2,(H,23,26)(H,24,27). The summed E-state index contributed by atoms with van der Waals surface area (Å²) in [4.78, 5) is 12.2. The van der Waals surface area contributed by atoms with Gasteiger partial charge in [0.25, 0.3) is 5.91 Å². The van der Waals surface area contributed by atoms with Crippen molar-refractivity contribution in [2.45, 2.75) is 12.8 Å². The summed E-state index contributed by atoms with van der Waals surface area (Å²) in [5.41, 5.74) is 2.67. The average molecular weight is 357 g/mol. The van der Waals surface area contributed by atoms with Crippen molar-refractivity contribution < 1.29 is 4.79 Å². The lowest BCUT2D eigenvalue weighted by Gasteiger charge is -2.07. The number of amides is 1. The van der Waals surface area contributed by atoms with Gasteiger partial charge in [0.15, 0.2) is 5.69 Å². The molecule has 27 heavy (non-hydrogen) atoms. The summed E-state index contributed by atoms with van der Waals surface area (Å²) in [7, 11) is 0. The molecular weight excluding hydrogens is 338 g/mol. The summed E-state index contributed by atoms with van der Waals surface area (Å²) in [5.74, 6) is 0.292. The van der Waals surface area contributed by atoms with Gasteiger partial charge >= 0.3 is 0 Å². The Morgan fingerprint density at radius 2 is 1.74 bits per heavy atom. The predicted molar refractivity (Wildman–Crippen MR) is 104 cm³/mol. The normalized spacial score (nSPS) is 10.0. The first-order valence-corrected chi connectivity index (χ1v) is 8.67. The fraction of sp³-hybridized carbons (Fsp3) is 0.143. The van der Waals surface area contributed by atoms with Crippen molar-refractivity contribution in [3.63, 3.8) is 0 Å². The van der Waals surface area contributed by atoms with Crippen LogP contribution in [0.2, 0.25) is 0 Å². The molecule has 3 rings (SSSR count). The summed E-state index contributed by atoms with van der Waals surface area (Å²) in [6.07, 6.45) is 1.97. The number of anilines is 2. The number of hydrogen-bond donors (Lipinski definition) is 2. The topological polar surface area (TPSA) is 90.7 Å². The molecule has 134 valence electrons. The molecule has 2 N–H and O–H groups in total. The SMILES string of the molecule is N#Cc1ccc(NC(=O)c2ccc(NCCCc3ccccc3)nn2)cc1. The number of benzene rings is 2. The molecule has 0 fully saturated rings. The average Bonchev–Trinajstić information content (AvgIpc) is 2.73. The van der Waals surface area contributed by atoms with Crippen LogP contribution >= 0.6 is 0 Å². The molecule has 0 bridgehead atoms. The van der Waals surface area contributed by atoms with Gasteiger partial charge in [0, 0.05) is 12.2 Å². The van der Waals surface area contributed by atoms with Crippen LogP contribution in [0.5, 0.6) is 0 Å². The van der Waals surface area contributed by atoms with Gasteiger partial charge in [0.05, 0.1) is 11.6 Å². The quantitative estimate of drug-likeness (QED) is 0.630. The van der Waals surface area contributed by atoms with Crippen molar-refractivity contribution in [2.24, 2.45) is 0 Å². The first kappa shape index (κ1) is 18.1. The maximum Gasteiger partial charge on any atom is 0.276 e. The van der Waals surface area contributed by atoms with E-state index in [1.807, 2.05) is 24.3 Å². The third-order valence-corrected chi connectivity index (χ3v) is 3.96. The number of carbonyl (C=O) groups excluding carboxylic acids is 1. The predicted octanol–water partition coefficient (Wildman–Crippen LogP) is 3.65. The van der Waals surface area contributed by atoms with E-state index in [-0.39, 0.29) is 11.6 Å². The van der Waals surface area contributed by atoms with E-state index < -0.39 is 0 Å². The highest BCUT2D eigenvalue weighted by Crippen LogP contribution is 2.11. The number of aryl methyl sites for hydroxylation is 1. The highest BCUT2D eigenvalue weighted by Gasteiger charge is 2.08. The van der Waals surface area contributed by atoms with Crippen LogP contribution in [0, 0.1) is 11.3 Å². The van der Waals surface area contributed by atoms with Crippen LogP contribution < -0.4 is 10.6 Å². The second kappa shape index (κ2) is 9.11. The monoisotopic (exact) mass is 357 g/mol. The van der Waals surface area contributed by atoms with Crippen molar-refractivity contribution in [3.8, 4) is 6.07 Å². The van der Waals surface area contributed by atoms with Crippen molar-refractivity contribution in [2.75, 3.05) is 17.2 Å². The Morgan fingerprint density at radius 3 is 2.41 bits per heavy atom. The summed E-state index contributed by atoms with van der Waals surface area (Å²) in [5, 5.41) is 22.7. The van der Waals surface area contributed by atoms with Gasteiger partial charge in [-0.15, -0.1) is 10.2 Å². The zero-order valence-corrected chi connectivity index (χ0v) is 14.7. The molecule has 0 radical (unpaired) electrons. The van der Waals surface area contributed by atoms with Gasteiger partial charge in [-0.2, -0.15) is 5.26 Å². The van der Waals surface area contributed by atoms with Gasteiger partial charge in [0.1, 0.15) is 5.82 Å². The fourth-order valence-corrected chi connectivity index (χ4v) is 2.52. The molecule has 0 spiro atoms. The van der Waals surface area contributed by atoms with Gasteiger partial charge in [-0.05, 0) is 54.8 Å². The number of rotatable bonds is 7. The molecule has 0 saturated heterocycles. The van der Waals surface area contributed by atoms with Gasteiger partial charge < -0.3 is 10.6 Å². The number of hydrogen-bond acceptors (Lipinski definition) is 5. The van der Waals surface area contributed by atoms with E-state index in [9.17, 15) is 4.79 Å². The summed E-state index contributed by atoms with van der Waals surface area (Å²) in [6.45, 7) is 0.778. The lowest BCUT2D eigenvalue weighted by atomic mass is 10.1. The number of carbonyl (C=O) groups is 1. The molecule has 0 aliphatic carbocycles. The van der Waals surface area contributed by atoms with E-state index in [1.165, 1.54) is 5.56 Å². The Morgan fingerprint density at radius 1 is 0.963 bits per heavy atom. The maximum atomic E-state index is 12.2. The van der Waals surface area contributed by atoms with E-state index >= 15 is 0 Å².